The fourth-order valence-electron chi connectivity index (χ4n) is 2.86. The Morgan fingerprint density at radius 3 is 2.41 bits per heavy atom. The van der Waals surface area contributed by atoms with Gasteiger partial charge in [0.15, 0.2) is 0 Å². The third-order valence-electron chi connectivity index (χ3n) is 4.30. The standard InChI is InChI=1S/C22H18N4S/c1-16-20(22(27)26(25-16)19-7-3-2-4-8-19)15-24-18-12-10-17(11-13-18)21-9-5-6-14-23-21/h2-15,25H,1H3. The number of nitrogens with one attached hydrogen (secondary N) is 1. The number of nitrogens with zero attached hydrogens (tertiary/aromatic N) is 3. The summed E-state index contributed by atoms with van der Waals surface area (Å²) in [6.45, 7) is 2.00. The zero-order valence-electron chi connectivity index (χ0n) is 14.8. The van der Waals surface area contributed by atoms with Gasteiger partial charge in [-0.05, 0) is 43.3 Å². The van der Waals surface area contributed by atoms with Gasteiger partial charge in [0.1, 0.15) is 4.64 Å². The van der Waals surface area contributed by atoms with Gasteiger partial charge in [0, 0.05) is 23.7 Å². The highest BCUT2D eigenvalue weighted by Gasteiger charge is 2.07. The van der Waals surface area contributed by atoms with Crippen LogP contribution in [0.3, 0.4) is 0 Å². The molecule has 2 aromatic carbocycles. The van der Waals surface area contributed by atoms with Crippen LogP contribution in [0.4, 0.5) is 5.69 Å². The van der Waals surface area contributed by atoms with E-state index >= 15 is 0 Å². The number of benzene rings is 2. The molecule has 0 unspecified atom stereocenters. The van der Waals surface area contributed by atoms with E-state index in [2.05, 4.69) is 15.1 Å². The molecule has 0 aliphatic rings. The van der Waals surface area contributed by atoms with Crippen molar-refractivity contribution in [2.45, 2.75) is 6.92 Å². The maximum Gasteiger partial charge on any atom is 0.136 e. The lowest BCUT2D eigenvalue weighted by atomic mass is 10.1. The molecular weight excluding hydrogens is 352 g/mol. The van der Waals surface area contributed by atoms with Crippen molar-refractivity contribution in [2.24, 2.45) is 4.99 Å². The molecule has 0 amide bonds. The smallest absolute Gasteiger partial charge is 0.136 e. The Kier molecular flexibility index (Phi) is 4.77. The minimum Gasteiger partial charge on any atom is -0.297 e. The SMILES string of the molecule is Cc1[nH]n(-c2ccccc2)c(=S)c1C=Nc1ccc(-c2ccccn2)cc1. The second kappa shape index (κ2) is 7.51. The van der Waals surface area contributed by atoms with E-state index in [0.717, 1.165) is 33.9 Å². The number of rotatable bonds is 4. The highest BCUT2D eigenvalue weighted by Crippen LogP contribution is 2.21. The molecule has 2 aromatic heterocycles. The van der Waals surface area contributed by atoms with E-state index in [0.29, 0.717) is 4.64 Å². The van der Waals surface area contributed by atoms with E-state index in [-0.39, 0.29) is 0 Å². The van der Waals surface area contributed by atoms with Crippen LogP contribution < -0.4 is 0 Å². The summed E-state index contributed by atoms with van der Waals surface area (Å²) in [6, 6.07) is 23.9. The summed E-state index contributed by atoms with van der Waals surface area (Å²) < 4.78 is 2.61. The van der Waals surface area contributed by atoms with Crippen molar-refractivity contribution in [3.05, 3.63) is 94.9 Å². The predicted molar refractivity (Wildman–Crippen MR) is 113 cm³/mol. The Bertz CT molecular complexity index is 1120. The van der Waals surface area contributed by atoms with Crippen LogP contribution in [0.25, 0.3) is 16.9 Å². The van der Waals surface area contributed by atoms with Crippen LogP contribution in [0, 0.1) is 11.6 Å². The number of aliphatic imine (C=N–C) groups is 1. The molecule has 0 fully saturated rings. The zero-order chi connectivity index (χ0) is 18.6. The van der Waals surface area contributed by atoms with E-state index < -0.39 is 0 Å². The first-order valence-electron chi connectivity index (χ1n) is 8.65. The molecular formula is C22H18N4S. The van der Waals surface area contributed by atoms with Crippen molar-refractivity contribution in [3.63, 3.8) is 0 Å². The Labute approximate surface area is 162 Å². The second-order valence-electron chi connectivity index (χ2n) is 6.15. The maximum atomic E-state index is 5.63. The average molecular weight is 370 g/mol. The molecule has 0 aliphatic carbocycles. The Hall–Kier alpha value is -3.31. The first-order chi connectivity index (χ1) is 13.2. The molecule has 4 aromatic rings. The summed E-state index contributed by atoms with van der Waals surface area (Å²) in [7, 11) is 0. The van der Waals surface area contributed by atoms with Gasteiger partial charge in [-0.1, -0.05) is 48.6 Å². The third-order valence-corrected chi connectivity index (χ3v) is 4.70. The minimum atomic E-state index is 0.715. The van der Waals surface area contributed by atoms with Crippen LogP contribution in [0.2, 0.25) is 0 Å². The summed E-state index contributed by atoms with van der Waals surface area (Å²) in [4.78, 5) is 8.96. The quantitative estimate of drug-likeness (QED) is 0.372. The van der Waals surface area contributed by atoms with Gasteiger partial charge in [0.2, 0.25) is 0 Å². The molecule has 2 heterocycles. The van der Waals surface area contributed by atoms with Crippen LogP contribution in [-0.2, 0) is 0 Å². The molecule has 0 saturated heterocycles. The number of aromatic amines is 1. The van der Waals surface area contributed by atoms with Gasteiger partial charge in [-0.25, -0.2) is 4.68 Å². The molecule has 0 saturated carbocycles. The molecule has 132 valence electrons. The number of para-hydroxylation sites is 1. The van der Waals surface area contributed by atoms with Gasteiger partial charge < -0.3 is 0 Å². The maximum absolute atomic E-state index is 5.63. The Balaban J connectivity index is 1.60. The molecule has 1 N–H and O–H groups in total. The summed E-state index contributed by atoms with van der Waals surface area (Å²) in [5, 5.41) is 3.31. The normalized spacial score (nSPS) is 11.1. The van der Waals surface area contributed by atoms with E-state index in [1.165, 1.54) is 0 Å². The lowest BCUT2D eigenvalue weighted by Gasteiger charge is -2.01. The molecule has 27 heavy (non-hydrogen) atoms. The highest BCUT2D eigenvalue weighted by molar-refractivity contribution is 7.71. The lowest BCUT2D eigenvalue weighted by Crippen LogP contribution is -1.95. The predicted octanol–water partition coefficient (Wildman–Crippen LogP) is 5.66. The number of hydrogen-bond donors (Lipinski definition) is 1. The van der Waals surface area contributed by atoms with Crippen LogP contribution in [0.15, 0.2) is 84.0 Å². The van der Waals surface area contributed by atoms with Crippen molar-refractivity contribution in [1.82, 2.24) is 14.8 Å². The van der Waals surface area contributed by atoms with Crippen LogP contribution in [-0.4, -0.2) is 21.0 Å². The number of H-pyrrole nitrogens is 1. The highest BCUT2D eigenvalue weighted by atomic mass is 32.1. The fraction of sp³-hybridized carbons (Fsp3) is 0.0455. The Morgan fingerprint density at radius 1 is 0.963 bits per heavy atom. The monoisotopic (exact) mass is 370 g/mol. The van der Waals surface area contributed by atoms with Gasteiger partial charge in [0.25, 0.3) is 0 Å². The van der Waals surface area contributed by atoms with Crippen LogP contribution in [0.5, 0.6) is 0 Å². The van der Waals surface area contributed by atoms with E-state index in [1.807, 2.05) is 90.6 Å². The van der Waals surface area contributed by atoms with E-state index in [1.54, 1.807) is 6.20 Å². The molecule has 4 nitrogen and oxygen atoms in total. The van der Waals surface area contributed by atoms with Crippen molar-refractivity contribution in [2.75, 3.05) is 0 Å². The lowest BCUT2D eigenvalue weighted by molar-refractivity contribution is 0.853. The third kappa shape index (κ3) is 3.64. The fourth-order valence-corrected chi connectivity index (χ4v) is 3.22. The topological polar surface area (TPSA) is 46.0 Å². The molecule has 0 spiro atoms. The van der Waals surface area contributed by atoms with Crippen molar-refractivity contribution in [3.8, 4) is 16.9 Å². The number of aryl methyl sites for hydroxylation is 1. The molecule has 4 rings (SSSR count). The number of hydrogen-bond acceptors (Lipinski definition) is 3. The van der Waals surface area contributed by atoms with Gasteiger partial charge in [0.05, 0.1) is 22.6 Å². The largest absolute Gasteiger partial charge is 0.297 e. The molecule has 0 aliphatic heterocycles. The van der Waals surface area contributed by atoms with Gasteiger partial charge in [-0.3, -0.25) is 15.1 Å². The van der Waals surface area contributed by atoms with Crippen LogP contribution in [0.1, 0.15) is 11.3 Å². The first-order valence-corrected chi connectivity index (χ1v) is 9.06. The molecule has 0 radical (unpaired) electrons. The summed E-state index contributed by atoms with van der Waals surface area (Å²) in [5.41, 5.74) is 5.80. The first kappa shape index (κ1) is 17.1. The summed E-state index contributed by atoms with van der Waals surface area (Å²) in [5.74, 6) is 0. The summed E-state index contributed by atoms with van der Waals surface area (Å²) >= 11 is 5.63. The van der Waals surface area contributed by atoms with Crippen LogP contribution >= 0.6 is 12.2 Å². The van der Waals surface area contributed by atoms with Gasteiger partial charge in [-0.15, -0.1) is 0 Å². The number of pyridine rings is 1. The van der Waals surface area contributed by atoms with Gasteiger partial charge in [-0.2, -0.15) is 0 Å². The van der Waals surface area contributed by atoms with Gasteiger partial charge >= 0.3 is 0 Å². The average Bonchev–Trinajstić information content (AvgIpc) is 3.02. The summed E-state index contributed by atoms with van der Waals surface area (Å²) in [6.07, 6.45) is 3.62. The number of aromatic nitrogens is 3. The zero-order valence-corrected chi connectivity index (χ0v) is 15.6. The minimum absolute atomic E-state index is 0.715. The Morgan fingerprint density at radius 2 is 1.70 bits per heavy atom. The molecule has 5 heteroatoms. The van der Waals surface area contributed by atoms with E-state index in [4.69, 9.17) is 12.2 Å². The van der Waals surface area contributed by atoms with Crippen molar-refractivity contribution >= 4 is 24.1 Å². The van der Waals surface area contributed by atoms with E-state index in [9.17, 15) is 0 Å². The molecule has 0 atom stereocenters. The van der Waals surface area contributed by atoms with Crippen molar-refractivity contribution < 1.29 is 0 Å². The van der Waals surface area contributed by atoms with Crippen molar-refractivity contribution in [1.29, 1.82) is 0 Å². The molecule has 0 bridgehead atoms. The second-order valence-corrected chi connectivity index (χ2v) is 6.53.